The lowest BCUT2D eigenvalue weighted by molar-refractivity contribution is 0.660. The molecule has 0 unspecified atom stereocenters. The van der Waals surface area contributed by atoms with Crippen molar-refractivity contribution in [1.82, 2.24) is 4.57 Å². The number of hydrogen-bond donors (Lipinski definition) is 0. The van der Waals surface area contributed by atoms with Crippen LogP contribution in [0.3, 0.4) is 0 Å². The van der Waals surface area contributed by atoms with Crippen LogP contribution < -0.4 is 4.90 Å². The molecule has 0 saturated heterocycles. The van der Waals surface area contributed by atoms with Crippen molar-refractivity contribution in [3.63, 3.8) is 0 Å². The zero-order chi connectivity index (χ0) is 40.0. The van der Waals surface area contributed by atoms with Gasteiger partial charge in [-0.05, 0) is 112 Å². The molecule has 0 fully saturated rings. The van der Waals surface area contributed by atoms with Crippen LogP contribution in [-0.2, 0) is 5.41 Å². The van der Waals surface area contributed by atoms with Gasteiger partial charge in [0.1, 0.15) is 11.2 Å². The number of para-hydroxylation sites is 4. The van der Waals surface area contributed by atoms with Crippen molar-refractivity contribution in [1.29, 1.82) is 0 Å². The molecule has 0 aliphatic heterocycles. The van der Waals surface area contributed by atoms with Gasteiger partial charge in [0.15, 0.2) is 0 Å². The molecule has 3 heteroatoms. The van der Waals surface area contributed by atoms with Crippen molar-refractivity contribution >= 4 is 60.8 Å². The van der Waals surface area contributed by atoms with E-state index in [2.05, 4.69) is 217 Å². The summed E-state index contributed by atoms with van der Waals surface area (Å²) in [6.07, 6.45) is 0. The second-order valence-corrected chi connectivity index (χ2v) is 16.5. The van der Waals surface area contributed by atoms with Crippen LogP contribution in [0.1, 0.15) is 25.0 Å². The van der Waals surface area contributed by atoms with E-state index in [4.69, 9.17) is 4.42 Å². The summed E-state index contributed by atoms with van der Waals surface area (Å²) in [5.41, 5.74) is 18.5. The van der Waals surface area contributed by atoms with Crippen molar-refractivity contribution in [2.45, 2.75) is 19.3 Å². The number of hydrogen-bond acceptors (Lipinski definition) is 2. The van der Waals surface area contributed by atoms with Crippen LogP contribution in [-0.4, -0.2) is 4.57 Å². The minimum Gasteiger partial charge on any atom is -0.455 e. The Morgan fingerprint density at radius 2 is 0.950 bits per heavy atom. The Bertz CT molecular complexity index is 3390. The van der Waals surface area contributed by atoms with Gasteiger partial charge in [-0.2, -0.15) is 0 Å². The lowest BCUT2D eigenvalue weighted by atomic mass is 9.81. The molecule has 60 heavy (non-hydrogen) atoms. The fourth-order valence-electron chi connectivity index (χ4n) is 9.84. The molecule has 284 valence electrons. The van der Waals surface area contributed by atoms with Gasteiger partial charge in [-0.1, -0.05) is 147 Å². The quantitative estimate of drug-likeness (QED) is 0.168. The summed E-state index contributed by atoms with van der Waals surface area (Å²) in [7, 11) is 0. The van der Waals surface area contributed by atoms with E-state index < -0.39 is 0 Å². The molecule has 0 N–H and O–H groups in total. The molecule has 0 spiro atoms. The van der Waals surface area contributed by atoms with Gasteiger partial charge >= 0.3 is 0 Å². The molecule has 0 bridgehead atoms. The summed E-state index contributed by atoms with van der Waals surface area (Å²) in [6, 6.07) is 74.9. The van der Waals surface area contributed by atoms with E-state index >= 15 is 0 Å². The molecule has 12 rings (SSSR count). The van der Waals surface area contributed by atoms with Crippen molar-refractivity contribution in [3.8, 4) is 39.1 Å². The molecule has 0 radical (unpaired) electrons. The molecular formula is C57H40N2O. The van der Waals surface area contributed by atoms with Gasteiger partial charge in [0.05, 0.1) is 11.0 Å². The van der Waals surface area contributed by atoms with Crippen molar-refractivity contribution in [2.75, 3.05) is 4.90 Å². The summed E-state index contributed by atoms with van der Waals surface area (Å²) in [5, 5.41) is 4.79. The summed E-state index contributed by atoms with van der Waals surface area (Å²) in [5.74, 6) is 0. The standard InChI is InChI=1S/C57H40N2O/c1-57(2)51-35-39(37-13-4-3-5-14-37)25-33-45(51)46-34-32-43(36-52(46)57)58(40-26-23-38(24-27-40)44-18-12-19-50-49-17-8-11-22-55(49)60-56(44)50)41-28-30-42(31-29-41)59-53-20-9-6-15-47(53)48-16-7-10-21-54(48)59/h3-36H,1-2H3. The van der Waals surface area contributed by atoms with Gasteiger partial charge in [-0.3, -0.25) is 0 Å². The van der Waals surface area contributed by atoms with Gasteiger partial charge < -0.3 is 13.9 Å². The summed E-state index contributed by atoms with van der Waals surface area (Å²) in [4.78, 5) is 2.40. The summed E-state index contributed by atoms with van der Waals surface area (Å²) in [6.45, 7) is 4.74. The van der Waals surface area contributed by atoms with Crippen molar-refractivity contribution in [3.05, 3.63) is 217 Å². The second kappa shape index (κ2) is 13.2. The third-order valence-corrected chi connectivity index (χ3v) is 12.8. The number of aromatic nitrogens is 1. The van der Waals surface area contributed by atoms with Crippen molar-refractivity contribution < 1.29 is 4.42 Å². The fourth-order valence-corrected chi connectivity index (χ4v) is 9.84. The third kappa shape index (κ3) is 5.22. The first kappa shape index (κ1) is 34.4. The van der Waals surface area contributed by atoms with Crippen molar-refractivity contribution in [2.24, 2.45) is 0 Å². The molecular weight excluding hydrogens is 729 g/mol. The van der Waals surface area contributed by atoms with E-state index in [1.807, 2.05) is 12.1 Å². The Balaban J connectivity index is 0.985. The average molecular weight is 769 g/mol. The average Bonchev–Trinajstić information content (AvgIpc) is 3.93. The molecule has 2 aromatic heterocycles. The van der Waals surface area contributed by atoms with Crippen LogP contribution in [0.15, 0.2) is 211 Å². The van der Waals surface area contributed by atoms with Crippen LogP contribution >= 0.6 is 0 Å². The Kier molecular flexibility index (Phi) is 7.58. The normalized spacial score (nSPS) is 13.0. The Labute approximate surface area is 349 Å². The van der Waals surface area contributed by atoms with E-state index in [1.165, 1.54) is 55.2 Å². The number of furan rings is 1. The minimum absolute atomic E-state index is 0.188. The molecule has 0 saturated carbocycles. The highest BCUT2D eigenvalue weighted by molar-refractivity contribution is 6.10. The predicted octanol–water partition coefficient (Wildman–Crippen LogP) is 15.8. The molecule has 11 aromatic rings. The third-order valence-electron chi connectivity index (χ3n) is 12.8. The van der Waals surface area contributed by atoms with Crippen LogP contribution in [0, 0.1) is 0 Å². The number of anilines is 3. The lowest BCUT2D eigenvalue weighted by Crippen LogP contribution is -2.16. The molecule has 2 heterocycles. The van der Waals surface area contributed by atoms with Crippen LogP contribution in [0.2, 0.25) is 0 Å². The number of benzene rings is 9. The van der Waals surface area contributed by atoms with Gasteiger partial charge in [-0.25, -0.2) is 0 Å². The minimum atomic E-state index is -0.188. The first-order chi connectivity index (χ1) is 29.5. The smallest absolute Gasteiger partial charge is 0.143 e. The number of rotatable bonds is 6. The maximum atomic E-state index is 6.46. The van der Waals surface area contributed by atoms with Gasteiger partial charge in [0, 0.05) is 55.3 Å². The zero-order valence-corrected chi connectivity index (χ0v) is 33.4. The Morgan fingerprint density at radius 1 is 0.400 bits per heavy atom. The monoisotopic (exact) mass is 768 g/mol. The topological polar surface area (TPSA) is 21.3 Å². The van der Waals surface area contributed by atoms with Gasteiger partial charge in [0.2, 0.25) is 0 Å². The maximum Gasteiger partial charge on any atom is 0.143 e. The lowest BCUT2D eigenvalue weighted by Gasteiger charge is -2.28. The zero-order valence-electron chi connectivity index (χ0n) is 33.4. The molecule has 0 amide bonds. The first-order valence-corrected chi connectivity index (χ1v) is 20.8. The highest BCUT2D eigenvalue weighted by atomic mass is 16.3. The summed E-state index contributed by atoms with van der Waals surface area (Å²) < 4.78 is 8.84. The van der Waals surface area contributed by atoms with Crippen LogP contribution in [0.5, 0.6) is 0 Å². The highest BCUT2D eigenvalue weighted by Gasteiger charge is 2.36. The molecule has 1 aliphatic carbocycles. The van der Waals surface area contributed by atoms with Crippen LogP contribution in [0.25, 0.3) is 82.8 Å². The van der Waals surface area contributed by atoms with Crippen LogP contribution in [0.4, 0.5) is 17.1 Å². The predicted molar refractivity (Wildman–Crippen MR) is 251 cm³/mol. The van der Waals surface area contributed by atoms with E-state index in [-0.39, 0.29) is 5.41 Å². The SMILES string of the molecule is CC1(C)c2cc(-c3ccccc3)ccc2-c2ccc(N(c3ccc(-c4cccc5c4oc4ccccc45)cc3)c3ccc(-n4c5ccccc5c5ccccc54)cc3)cc21. The van der Waals surface area contributed by atoms with E-state index in [0.29, 0.717) is 0 Å². The molecule has 9 aromatic carbocycles. The van der Waals surface area contributed by atoms with E-state index in [0.717, 1.165) is 55.8 Å². The second-order valence-electron chi connectivity index (χ2n) is 16.5. The molecule has 0 atom stereocenters. The fraction of sp³-hybridized carbons (Fsp3) is 0.0526. The molecule has 3 nitrogen and oxygen atoms in total. The van der Waals surface area contributed by atoms with Gasteiger partial charge in [-0.15, -0.1) is 0 Å². The summed E-state index contributed by atoms with van der Waals surface area (Å²) >= 11 is 0. The number of fused-ring (bicyclic) bond motifs is 9. The molecule has 1 aliphatic rings. The number of nitrogens with zero attached hydrogens (tertiary/aromatic N) is 2. The van der Waals surface area contributed by atoms with Gasteiger partial charge in [0.25, 0.3) is 0 Å². The largest absolute Gasteiger partial charge is 0.455 e. The Hall–Kier alpha value is -7.62. The van der Waals surface area contributed by atoms with E-state index in [9.17, 15) is 0 Å². The Morgan fingerprint density at radius 3 is 1.67 bits per heavy atom. The highest BCUT2D eigenvalue weighted by Crippen LogP contribution is 2.52. The maximum absolute atomic E-state index is 6.46. The first-order valence-electron chi connectivity index (χ1n) is 20.8. The van der Waals surface area contributed by atoms with E-state index in [1.54, 1.807) is 0 Å².